The van der Waals surface area contributed by atoms with Crippen LogP contribution in [0.5, 0.6) is 11.5 Å². The van der Waals surface area contributed by atoms with Crippen LogP contribution >= 0.6 is 0 Å². The standard InChI is InChI=1S/C35H42N2O11/c1-20(2)35(45)48-33-21(3)30(42)32(44)24(18-26(38)31(43)23(33)17-22-11-7-5-8-12-22)37-19-25-34(27(46-4)15-16-36-25)47-29(41)14-10-6-9-13-28(39)40/h5,7-8,11-12,15-16,20-21,23-24,33,37H,6,9-10,13-14,17-19H2,1-4H3,(H,39,40)/t21-,23+,24+,33-/m1/s1. The van der Waals surface area contributed by atoms with Crippen LogP contribution in [0.1, 0.15) is 70.6 Å². The number of nitrogens with one attached hydrogen (secondary N) is 1. The lowest BCUT2D eigenvalue weighted by Crippen LogP contribution is -2.46. The van der Waals surface area contributed by atoms with Gasteiger partial charge in [0.15, 0.2) is 11.5 Å². The molecule has 0 unspecified atom stereocenters. The summed E-state index contributed by atoms with van der Waals surface area (Å²) in [5.74, 6) is -8.79. The Kier molecular flexibility index (Phi) is 14.1. The smallest absolute Gasteiger partial charge is 0.311 e. The zero-order valence-corrected chi connectivity index (χ0v) is 27.6. The topological polar surface area (TPSA) is 192 Å². The number of hydrogen-bond acceptors (Lipinski definition) is 12. The van der Waals surface area contributed by atoms with E-state index in [0.29, 0.717) is 24.8 Å². The highest BCUT2D eigenvalue weighted by Gasteiger charge is 2.46. The Morgan fingerprint density at radius 3 is 2.29 bits per heavy atom. The molecule has 2 aromatic rings. The highest BCUT2D eigenvalue weighted by Crippen LogP contribution is 2.31. The first-order valence-electron chi connectivity index (χ1n) is 15.9. The van der Waals surface area contributed by atoms with Gasteiger partial charge in [-0.3, -0.25) is 38.5 Å². The first-order chi connectivity index (χ1) is 22.8. The molecule has 0 aliphatic heterocycles. The molecule has 1 aliphatic carbocycles. The van der Waals surface area contributed by atoms with Crippen molar-refractivity contribution in [1.29, 1.82) is 0 Å². The van der Waals surface area contributed by atoms with Crippen molar-refractivity contribution >= 4 is 41.0 Å². The number of rotatable bonds is 15. The van der Waals surface area contributed by atoms with E-state index in [4.69, 9.17) is 19.3 Å². The van der Waals surface area contributed by atoms with Crippen LogP contribution < -0.4 is 14.8 Å². The van der Waals surface area contributed by atoms with Crippen molar-refractivity contribution in [3.8, 4) is 11.5 Å². The fourth-order valence-corrected chi connectivity index (χ4v) is 5.30. The van der Waals surface area contributed by atoms with E-state index in [1.807, 2.05) is 0 Å². The Labute approximate surface area is 278 Å². The van der Waals surface area contributed by atoms with Crippen molar-refractivity contribution < 1.29 is 52.9 Å². The maximum Gasteiger partial charge on any atom is 0.311 e. The van der Waals surface area contributed by atoms with Crippen molar-refractivity contribution in [3.63, 3.8) is 0 Å². The summed E-state index contributed by atoms with van der Waals surface area (Å²) in [5.41, 5.74) is 0.812. The average Bonchev–Trinajstić information content (AvgIpc) is 3.08. The molecule has 2 N–H and O–H groups in total. The summed E-state index contributed by atoms with van der Waals surface area (Å²) in [4.78, 5) is 94.6. The molecule has 3 rings (SSSR count). The molecule has 13 nitrogen and oxygen atoms in total. The Morgan fingerprint density at radius 1 is 0.958 bits per heavy atom. The summed E-state index contributed by atoms with van der Waals surface area (Å²) in [7, 11) is 1.36. The number of hydrogen-bond donors (Lipinski definition) is 2. The molecule has 1 heterocycles. The van der Waals surface area contributed by atoms with Crippen LogP contribution in [0.15, 0.2) is 42.6 Å². The Balaban J connectivity index is 1.85. The third-order valence-electron chi connectivity index (χ3n) is 8.05. The third kappa shape index (κ3) is 10.4. The number of unbranched alkanes of at least 4 members (excludes halogenated alkanes) is 2. The van der Waals surface area contributed by atoms with Crippen LogP contribution in [0.2, 0.25) is 0 Å². The Morgan fingerprint density at radius 2 is 1.65 bits per heavy atom. The number of pyridine rings is 1. The summed E-state index contributed by atoms with van der Waals surface area (Å²) in [6, 6.07) is 8.82. The molecule has 1 aromatic heterocycles. The lowest BCUT2D eigenvalue weighted by Gasteiger charge is -2.29. The number of carbonyl (C=O) groups excluding carboxylic acids is 6. The quantitative estimate of drug-likeness (QED) is 0.160. The molecule has 0 spiro atoms. The monoisotopic (exact) mass is 666 g/mol. The second-order valence-corrected chi connectivity index (χ2v) is 12.0. The molecule has 1 saturated carbocycles. The summed E-state index contributed by atoms with van der Waals surface area (Å²) in [6.07, 6.45) is 0.705. The number of carbonyl (C=O) groups is 7. The molecular formula is C35H42N2O11. The number of aromatic nitrogens is 1. The maximum atomic E-state index is 13.7. The van der Waals surface area contributed by atoms with Gasteiger partial charge in [-0.15, -0.1) is 0 Å². The zero-order chi connectivity index (χ0) is 35.4. The molecule has 0 amide bonds. The highest BCUT2D eigenvalue weighted by atomic mass is 16.6. The molecule has 48 heavy (non-hydrogen) atoms. The van der Waals surface area contributed by atoms with Crippen molar-refractivity contribution in [3.05, 3.63) is 53.9 Å². The van der Waals surface area contributed by atoms with E-state index in [1.165, 1.54) is 26.3 Å². The Hall–Kier alpha value is -4.78. The molecule has 258 valence electrons. The summed E-state index contributed by atoms with van der Waals surface area (Å²) in [5, 5.41) is 11.6. The number of esters is 2. The molecule has 0 bridgehead atoms. The van der Waals surface area contributed by atoms with E-state index in [0.717, 1.165) is 0 Å². The minimum Gasteiger partial charge on any atom is -0.493 e. The first-order valence-corrected chi connectivity index (χ1v) is 15.9. The number of ketones is 4. The molecule has 4 atom stereocenters. The minimum absolute atomic E-state index is 0.00134. The van der Waals surface area contributed by atoms with Crippen LogP contribution in [0.25, 0.3) is 0 Å². The predicted octanol–water partition coefficient (Wildman–Crippen LogP) is 3.23. The minimum atomic E-state index is -1.43. The number of ether oxygens (including phenoxy) is 3. The van der Waals surface area contributed by atoms with Gasteiger partial charge in [0.1, 0.15) is 11.8 Å². The van der Waals surface area contributed by atoms with Gasteiger partial charge in [-0.05, 0) is 24.8 Å². The van der Waals surface area contributed by atoms with E-state index in [1.54, 1.807) is 44.2 Å². The van der Waals surface area contributed by atoms with Crippen molar-refractivity contribution in [1.82, 2.24) is 10.3 Å². The van der Waals surface area contributed by atoms with Gasteiger partial charge in [0, 0.05) is 38.1 Å². The van der Waals surface area contributed by atoms with Crippen LogP contribution in [0, 0.1) is 17.8 Å². The number of Topliss-reactive ketones (excluding diaryl/α,β-unsaturated/α-hetero) is 4. The van der Waals surface area contributed by atoms with Gasteiger partial charge < -0.3 is 24.6 Å². The van der Waals surface area contributed by atoms with E-state index in [9.17, 15) is 33.6 Å². The fraction of sp³-hybridized carbons (Fsp3) is 0.486. The number of carboxylic acids is 1. The molecular weight excluding hydrogens is 624 g/mol. The third-order valence-corrected chi connectivity index (χ3v) is 8.05. The molecule has 1 aromatic carbocycles. The van der Waals surface area contributed by atoms with Gasteiger partial charge in [-0.1, -0.05) is 57.5 Å². The Bertz CT molecular complexity index is 1510. The summed E-state index contributed by atoms with van der Waals surface area (Å²) in [6.45, 7) is 4.33. The SMILES string of the molecule is COc1ccnc(CN[C@H]2CC(=O)C(=O)[C@H](Cc3ccccc3)[C@H](OC(=O)C(C)C)[C@H](C)C(=O)C2=O)c1OC(=O)CCCCCC(=O)O. The first kappa shape index (κ1) is 37.7. The molecule has 0 saturated heterocycles. The van der Waals surface area contributed by atoms with Crippen LogP contribution in [0.3, 0.4) is 0 Å². The summed E-state index contributed by atoms with van der Waals surface area (Å²) < 4.78 is 16.5. The average molecular weight is 667 g/mol. The van der Waals surface area contributed by atoms with E-state index in [2.05, 4.69) is 10.3 Å². The fourth-order valence-electron chi connectivity index (χ4n) is 5.30. The van der Waals surface area contributed by atoms with E-state index < -0.39 is 77.4 Å². The molecule has 1 aliphatic rings. The van der Waals surface area contributed by atoms with Gasteiger partial charge in [-0.25, -0.2) is 0 Å². The number of carboxylic acid groups (broad SMARTS) is 1. The number of benzene rings is 1. The van der Waals surface area contributed by atoms with Crippen LogP contribution in [-0.2, 0) is 51.3 Å². The number of nitrogens with zero attached hydrogens (tertiary/aromatic N) is 1. The molecule has 1 fully saturated rings. The van der Waals surface area contributed by atoms with Crippen LogP contribution in [-0.4, -0.2) is 70.4 Å². The number of aliphatic carboxylic acids is 1. The second kappa shape index (κ2) is 17.9. The van der Waals surface area contributed by atoms with Gasteiger partial charge in [0.05, 0.1) is 30.9 Å². The maximum absolute atomic E-state index is 13.7. The lowest BCUT2D eigenvalue weighted by molar-refractivity contribution is -0.163. The van der Waals surface area contributed by atoms with Gasteiger partial charge in [0.25, 0.3) is 0 Å². The largest absolute Gasteiger partial charge is 0.493 e. The van der Waals surface area contributed by atoms with Crippen LogP contribution in [0.4, 0.5) is 0 Å². The predicted molar refractivity (Wildman–Crippen MR) is 170 cm³/mol. The lowest BCUT2D eigenvalue weighted by atomic mass is 9.81. The van der Waals surface area contributed by atoms with Gasteiger partial charge >= 0.3 is 17.9 Å². The van der Waals surface area contributed by atoms with Crippen molar-refractivity contribution in [2.24, 2.45) is 17.8 Å². The van der Waals surface area contributed by atoms with E-state index in [-0.39, 0.29) is 43.0 Å². The second-order valence-electron chi connectivity index (χ2n) is 12.0. The molecule has 13 heteroatoms. The molecule has 0 radical (unpaired) electrons. The highest BCUT2D eigenvalue weighted by molar-refractivity contribution is 6.44. The van der Waals surface area contributed by atoms with Gasteiger partial charge in [0.2, 0.25) is 23.1 Å². The summed E-state index contributed by atoms with van der Waals surface area (Å²) >= 11 is 0. The normalized spacial score (nSPS) is 20.1. The van der Waals surface area contributed by atoms with E-state index >= 15 is 0 Å². The van der Waals surface area contributed by atoms with Gasteiger partial charge in [-0.2, -0.15) is 0 Å². The van der Waals surface area contributed by atoms with Crippen molar-refractivity contribution in [2.45, 2.75) is 84.4 Å². The zero-order valence-electron chi connectivity index (χ0n) is 27.6. The van der Waals surface area contributed by atoms with Crippen molar-refractivity contribution in [2.75, 3.05) is 7.11 Å². The number of methoxy groups -OCH3 is 1.